The molecule has 0 fully saturated rings. The zero-order valence-electron chi connectivity index (χ0n) is 9.20. The molecule has 0 aliphatic heterocycles. The van der Waals surface area contributed by atoms with E-state index in [0.29, 0.717) is 6.04 Å². The quantitative estimate of drug-likeness (QED) is 0.726. The molecular formula is C11H19N3. The van der Waals surface area contributed by atoms with Crippen LogP contribution in [0.1, 0.15) is 31.9 Å². The lowest BCUT2D eigenvalue weighted by Crippen LogP contribution is -2.05. The van der Waals surface area contributed by atoms with E-state index in [1.807, 2.05) is 17.9 Å². The Bertz CT molecular complexity index is 286. The lowest BCUT2D eigenvalue weighted by Gasteiger charge is -2.02. The molecule has 1 rings (SSSR count). The van der Waals surface area contributed by atoms with Crippen molar-refractivity contribution in [3.05, 3.63) is 24.0 Å². The summed E-state index contributed by atoms with van der Waals surface area (Å²) < 4.78 is 1.97. The summed E-state index contributed by atoms with van der Waals surface area (Å²) in [6.07, 6.45) is 9.31. The first-order chi connectivity index (χ1) is 6.74. The van der Waals surface area contributed by atoms with Crippen LogP contribution in [0.25, 0.3) is 6.08 Å². The maximum absolute atomic E-state index is 4.26. The molecule has 0 unspecified atom stereocenters. The summed E-state index contributed by atoms with van der Waals surface area (Å²) in [6, 6.07) is 0.439. The van der Waals surface area contributed by atoms with Crippen molar-refractivity contribution in [2.45, 2.75) is 26.3 Å². The molecule has 0 saturated heterocycles. The lowest BCUT2D eigenvalue weighted by atomic mass is 10.3. The van der Waals surface area contributed by atoms with E-state index in [1.54, 1.807) is 0 Å². The zero-order chi connectivity index (χ0) is 10.4. The predicted molar refractivity (Wildman–Crippen MR) is 60.2 cm³/mol. The van der Waals surface area contributed by atoms with Crippen LogP contribution >= 0.6 is 0 Å². The van der Waals surface area contributed by atoms with Crippen LogP contribution in [0, 0.1) is 0 Å². The van der Waals surface area contributed by atoms with Crippen molar-refractivity contribution in [2.24, 2.45) is 0 Å². The Labute approximate surface area is 85.8 Å². The third kappa shape index (κ3) is 3.34. The van der Waals surface area contributed by atoms with E-state index in [4.69, 9.17) is 0 Å². The monoisotopic (exact) mass is 193 g/mol. The number of hydrogen-bond donors (Lipinski definition) is 1. The maximum Gasteiger partial charge on any atom is 0.0562 e. The molecule has 0 atom stereocenters. The predicted octanol–water partition coefficient (Wildman–Crippen LogP) is 2.09. The molecule has 0 saturated carbocycles. The van der Waals surface area contributed by atoms with Gasteiger partial charge in [-0.15, -0.1) is 0 Å². The summed E-state index contributed by atoms with van der Waals surface area (Å²) in [6.45, 7) is 5.28. The molecule has 0 bridgehead atoms. The fourth-order valence-corrected chi connectivity index (χ4v) is 1.17. The third-order valence-corrected chi connectivity index (χ3v) is 2.02. The molecule has 14 heavy (non-hydrogen) atoms. The van der Waals surface area contributed by atoms with Crippen molar-refractivity contribution in [3.8, 4) is 0 Å². The average molecular weight is 193 g/mol. The molecule has 0 amide bonds. The summed E-state index contributed by atoms with van der Waals surface area (Å²) in [5.74, 6) is 0. The Morgan fingerprint density at radius 3 is 2.93 bits per heavy atom. The van der Waals surface area contributed by atoms with Gasteiger partial charge in [0.2, 0.25) is 0 Å². The first kappa shape index (κ1) is 11.0. The molecule has 0 aliphatic carbocycles. The minimum Gasteiger partial charge on any atom is -0.319 e. The number of hydrogen-bond acceptors (Lipinski definition) is 2. The van der Waals surface area contributed by atoms with Crippen molar-refractivity contribution in [1.82, 2.24) is 15.1 Å². The second kappa shape index (κ2) is 5.60. The van der Waals surface area contributed by atoms with Crippen molar-refractivity contribution in [2.75, 3.05) is 13.6 Å². The van der Waals surface area contributed by atoms with E-state index >= 15 is 0 Å². The van der Waals surface area contributed by atoms with Gasteiger partial charge in [0.05, 0.1) is 6.20 Å². The van der Waals surface area contributed by atoms with E-state index < -0.39 is 0 Å². The van der Waals surface area contributed by atoms with Crippen LogP contribution in [0.4, 0.5) is 0 Å². The molecule has 1 aromatic rings. The van der Waals surface area contributed by atoms with Gasteiger partial charge in [-0.1, -0.05) is 12.2 Å². The topological polar surface area (TPSA) is 29.9 Å². The van der Waals surface area contributed by atoms with Gasteiger partial charge in [0.1, 0.15) is 0 Å². The Morgan fingerprint density at radius 2 is 2.36 bits per heavy atom. The second-order valence-electron chi connectivity index (χ2n) is 3.64. The Kier molecular flexibility index (Phi) is 4.40. The van der Waals surface area contributed by atoms with Crippen LogP contribution in [0.2, 0.25) is 0 Å². The highest BCUT2D eigenvalue weighted by molar-refractivity contribution is 5.46. The fraction of sp³-hybridized carbons (Fsp3) is 0.545. The summed E-state index contributed by atoms with van der Waals surface area (Å²) in [7, 11) is 1.96. The maximum atomic E-state index is 4.26. The van der Waals surface area contributed by atoms with Gasteiger partial charge < -0.3 is 5.32 Å². The first-order valence-electron chi connectivity index (χ1n) is 5.09. The van der Waals surface area contributed by atoms with Crippen molar-refractivity contribution < 1.29 is 0 Å². The third-order valence-electron chi connectivity index (χ3n) is 2.02. The molecule has 1 heterocycles. The van der Waals surface area contributed by atoms with E-state index in [1.165, 1.54) is 5.56 Å². The Balaban J connectivity index is 2.47. The van der Waals surface area contributed by atoms with Crippen LogP contribution in [-0.2, 0) is 0 Å². The number of rotatable bonds is 5. The number of nitrogens with zero attached hydrogens (tertiary/aromatic N) is 2. The van der Waals surface area contributed by atoms with Crippen LogP contribution in [0.3, 0.4) is 0 Å². The minimum atomic E-state index is 0.439. The Hall–Kier alpha value is -1.09. The summed E-state index contributed by atoms with van der Waals surface area (Å²) >= 11 is 0. The van der Waals surface area contributed by atoms with E-state index in [-0.39, 0.29) is 0 Å². The molecule has 3 heteroatoms. The van der Waals surface area contributed by atoms with Crippen molar-refractivity contribution in [1.29, 1.82) is 0 Å². The molecular weight excluding hydrogens is 174 g/mol. The van der Waals surface area contributed by atoms with Gasteiger partial charge in [-0.3, -0.25) is 4.68 Å². The fourth-order valence-electron chi connectivity index (χ4n) is 1.17. The highest BCUT2D eigenvalue weighted by atomic mass is 15.3. The average Bonchev–Trinajstić information content (AvgIpc) is 2.61. The highest BCUT2D eigenvalue weighted by Gasteiger charge is 1.97. The van der Waals surface area contributed by atoms with Gasteiger partial charge in [-0.2, -0.15) is 5.10 Å². The normalized spacial score (nSPS) is 11.7. The minimum absolute atomic E-state index is 0.439. The summed E-state index contributed by atoms with van der Waals surface area (Å²) in [4.78, 5) is 0. The smallest absolute Gasteiger partial charge is 0.0562 e. The van der Waals surface area contributed by atoms with Crippen molar-refractivity contribution >= 4 is 6.08 Å². The highest BCUT2D eigenvalue weighted by Crippen LogP contribution is 2.06. The largest absolute Gasteiger partial charge is 0.319 e. The first-order valence-corrected chi connectivity index (χ1v) is 5.09. The van der Waals surface area contributed by atoms with E-state index in [0.717, 1.165) is 13.0 Å². The van der Waals surface area contributed by atoms with E-state index in [9.17, 15) is 0 Å². The molecule has 0 radical (unpaired) electrons. The molecule has 3 nitrogen and oxygen atoms in total. The molecule has 0 aliphatic rings. The van der Waals surface area contributed by atoms with Crippen LogP contribution in [0.15, 0.2) is 18.5 Å². The molecule has 1 N–H and O–H groups in total. The van der Waals surface area contributed by atoms with Gasteiger partial charge in [0.15, 0.2) is 0 Å². The SMILES string of the molecule is CNCCC=Cc1cnn(C(C)C)c1. The Morgan fingerprint density at radius 1 is 1.57 bits per heavy atom. The zero-order valence-corrected chi connectivity index (χ0v) is 9.20. The molecule has 78 valence electrons. The second-order valence-corrected chi connectivity index (χ2v) is 3.64. The van der Waals surface area contributed by atoms with Gasteiger partial charge in [0, 0.05) is 17.8 Å². The number of nitrogens with one attached hydrogen (secondary N) is 1. The van der Waals surface area contributed by atoms with E-state index in [2.05, 4.69) is 42.6 Å². The van der Waals surface area contributed by atoms with Gasteiger partial charge in [-0.05, 0) is 33.9 Å². The lowest BCUT2D eigenvalue weighted by molar-refractivity contribution is 0.532. The summed E-state index contributed by atoms with van der Waals surface area (Å²) in [5.41, 5.74) is 1.18. The van der Waals surface area contributed by atoms with Crippen LogP contribution < -0.4 is 5.32 Å². The summed E-state index contributed by atoms with van der Waals surface area (Å²) in [5, 5.41) is 7.37. The standard InChI is InChI=1S/C11H19N3/c1-10(2)14-9-11(8-13-14)6-4-5-7-12-3/h4,6,8-10,12H,5,7H2,1-3H3. The van der Waals surface area contributed by atoms with Crippen LogP contribution in [0.5, 0.6) is 0 Å². The van der Waals surface area contributed by atoms with Crippen molar-refractivity contribution in [3.63, 3.8) is 0 Å². The van der Waals surface area contributed by atoms with Crippen LogP contribution in [-0.4, -0.2) is 23.4 Å². The number of aromatic nitrogens is 2. The van der Waals surface area contributed by atoms with Gasteiger partial charge >= 0.3 is 0 Å². The molecule has 0 spiro atoms. The van der Waals surface area contributed by atoms with Gasteiger partial charge in [-0.25, -0.2) is 0 Å². The molecule has 0 aromatic carbocycles. The molecule has 1 aromatic heterocycles. The van der Waals surface area contributed by atoms with Gasteiger partial charge in [0.25, 0.3) is 0 Å².